The number of nitrogens with zero attached hydrogens (tertiary/aromatic N) is 2. The monoisotopic (exact) mass is 588 g/mol. The first-order chi connectivity index (χ1) is 20.7. The van der Waals surface area contributed by atoms with Crippen molar-refractivity contribution in [2.45, 2.75) is 77.4 Å². The van der Waals surface area contributed by atoms with E-state index in [0.29, 0.717) is 24.8 Å². The Hall–Kier alpha value is -3.33. The Bertz CT molecular complexity index is 1370. The lowest BCUT2D eigenvalue weighted by Gasteiger charge is -2.36. The molecule has 0 spiro atoms. The molecule has 2 heterocycles. The Balaban J connectivity index is 1.43. The minimum absolute atomic E-state index is 0.0730. The summed E-state index contributed by atoms with van der Waals surface area (Å²) in [6, 6.07) is 9.47. The summed E-state index contributed by atoms with van der Waals surface area (Å²) in [7, 11) is 1.58. The van der Waals surface area contributed by atoms with Crippen LogP contribution in [0.4, 0.5) is 0 Å². The third kappa shape index (κ3) is 6.33. The highest BCUT2D eigenvalue weighted by atomic mass is 16.5. The number of hydrogen-bond donors (Lipinski definition) is 3. The van der Waals surface area contributed by atoms with Gasteiger partial charge in [0.15, 0.2) is 0 Å². The maximum absolute atomic E-state index is 13.8. The van der Waals surface area contributed by atoms with Crippen molar-refractivity contribution >= 4 is 23.5 Å². The standard InChI is InChI=1S/C35H44N2O6/c1-21-15-23(16-22(2)33(21)40)17-24(29-11-7-8-14-36-29)12-13-30(39)31-25(20-43-3)18-27-32(28(31)19-38)35(42)37(34(27)41)26-9-5-4-6-10-26/h7-8,11,14-17,26-28,30,32,38-40H,4-6,9-10,12-13,18-20H2,1-3H3/b24-17-/t27-,28+,30-,32-/m1/s1. The first-order valence-corrected chi connectivity index (χ1v) is 15.5. The van der Waals surface area contributed by atoms with Crippen LogP contribution >= 0.6 is 0 Å². The van der Waals surface area contributed by atoms with E-state index in [1.807, 2.05) is 50.3 Å². The number of phenols is 1. The van der Waals surface area contributed by atoms with Gasteiger partial charge in [-0.3, -0.25) is 19.5 Å². The number of fused-ring (bicyclic) bond motifs is 1. The summed E-state index contributed by atoms with van der Waals surface area (Å²) in [5.41, 5.74) is 5.62. The van der Waals surface area contributed by atoms with Gasteiger partial charge in [-0.2, -0.15) is 0 Å². The second-order valence-electron chi connectivity index (χ2n) is 12.4. The fraction of sp³-hybridized carbons (Fsp3) is 0.514. The van der Waals surface area contributed by atoms with Gasteiger partial charge < -0.3 is 20.1 Å². The highest BCUT2D eigenvalue weighted by molar-refractivity contribution is 6.06. The molecule has 2 fully saturated rings. The van der Waals surface area contributed by atoms with Crippen molar-refractivity contribution in [3.63, 3.8) is 0 Å². The summed E-state index contributed by atoms with van der Waals surface area (Å²) < 4.78 is 5.51. The number of amides is 2. The number of carbonyl (C=O) groups is 2. The van der Waals surface area contributed by atoms with Crippen molar-refractivity contribution in [3.05, 3.63) is 70.1 Å². The summed E-state index contributed by atoms with van der Waals surface area (Å²) in [6.45, 7) is 3.63. The van der Waals surface area contributed by atoms with Gasteiger partial charge in [-0.15, -0.1) is 0 Å². The number of benzene rings is 1. The molecule has 1 aromatic carbocycles. The molecule has 1 saturated heterocycles. The van der Waals surface area contributed by atoms with E-state index in [1.54, 1.807) is 13.3 Å². The lowest BCUT2D eigenvalue weighted by molar-refractivity contribution is -0.143. The number of aliphatic hydroxyl groups is 2. The zero-order valence-electron chi connectivity index (χ0n) is 25.5. The van der Waals surface area contributed by atoms with Crippen LogP contribution in [-0.4, -0.2) is 69.5 Å². The maximum Gasteiger partial charge on any atom is 0.234 e. The van der Waals surface area contributed by atoms with Crippen LogP contribution in [0.5, 0.6) is 5.75 Å². The van der Waals surface area contributed by atoms with Crippen LogP contribution in [0.1, 0.15) is 73.8 Å². The maximum atomic E-state index is 13.8. The highest BCUT2D eigenvalue weighted by Crippen LogP contribution is 2.47. The molecule has 0 unspecified atom stereocenters. The molecule has 5 rings (SSSR count). The second kappa shape index (κ2) is 13.5. The summed E-state index contributed by atoms with van der Waals surface area (Å²) in [6.07, 6.45) is 8.79. The van der Waals surface area contributed by atoms with Gasteiger partial charge in [0.1, 0.15) is 5.75 Å². The van der Waals surface area contributed by atoms with Crippen molar-refractivity contribution < 1.29 is 29.6 Å². The average molecular weight is 589 g/mol. The van der Waals surface area contributed by atoms with Crippen molar-refractivity contribution in [1.82, 2.24) is 9.88 Å². The molecular formula is C35H44N2O6. The second-order valence-corrected chi connectivity index (χ2v) is 12.4. The largest absolute Gasteiger partial charge is 0.507 e. The molecule has 2 amide bonds. The number of imide groups is 1. The zero-order valence-corrected chi connectivity index (χ0v) is 25.5. The number of allylic oxidation sites excluding steroid dienone is 1. The number of aromatic hydroxyl groups is 1. The van der Waals surface area contributed by atoms with Crippen LogP contribution in [0.3, 0.4) is 0 Å². The molecule has 8 heteroatoms. The molecule has 43 heavy (non-hydrogen) atoms. The van der Waals surface area contributed by atoms with Crippen LogP contribution in [0, 0.1) is 31.6 Å². The molecule has 0 bridgehead atoms. The molecular weight excluding hydrogens is 544 g/mol. The summed E-state index contributed by atoms with van der Waals surface area (Å²) in [5, 5.41) is 32.6. The quantitative estimate of drug-likeness (QED) is 0.265. The van der Waals surface area contributed by atoms with Crippen LogP contribution in [-0.2, 0) is 14.3 Å². The molecule has 1 aliphatic heterocycles. The SMILES string of the molecule is COCC1=C([C@H](O)CC/C(=C/c2cc(C)c(O)c(C)c2)c2ccccn2)[C@H](CO)[C@@H]2C(=O)N(C3CCCCC3)C(=O)[C@@H]2C1. The van der Waals surface area contributed by atoms with E-state index < -0.39 is 23.9 Å². The predicted molar refractivity (Wildman–Crippen MR) is 165 cm³/mol. The molecule has 4 atom stereocenters. The Morgan fingerprint density at radius 2 is 1.84 bits per heavy atom. The number of carbonyl (C=O) groups excluding carboxylic acids is 2. The Labute approximate surface area is 254 Å². The smallest absolute Gasteiger partial charge is 0.234 e. The number of aromatic nitrogens is 1. The lowest BCUT2D eigenvalue weighted by atomic mass is 9.68. The van der Waals surface area contributed by atoms with Gasteiger partial charge in [0.2, 0.25) is 11.8 Å². The third-order valence-corrected chi connectivity index (χ3v) is 9.57. The van der Waals surface area contributed by atoms with Gasteiger partial charge in [0, 0.05) is 25.3 Å². The van der Waals surface area contributed by atoms with E-state index in [-0.39, 0.29) is 36.8 Å². The van der Waals surface area contributed by atoms with Gasteiger partial charge in [-0.25, -0.2) is 0 Å². The number of phenolic OH excluding ortho intramolecular Hbond substituents is 1. The van der Waals surface area contributed by atoms with Crippen molar-refractivity contribution in [3.8, 4) is 5.75 Å². The van der Waals surface area contributed by atoms with E-state index in [0.717, 1.165) is 65.6 Å². The number of pyridine rings is 1. The Morgan fingerprint density at radius 1 is 1.12 bits per heavy atom. The number of aliphatic hydroxyl groups excluding tert-OH is 2. The molecule has 1 aromatic heterocycles. The van der Waals surface area contributed by atoms with Gasteiger partial charge in [0.25, 0.3) is 0 Å². The number of rotatable bonds is 10. The molecule has 230 valence electrons. The third-order valence-electron chi connectivity index (χ3n) is 9.57. The van der Waals surface area contributed by atoms with Crippen molar-refractivity contribution in [1.29, 1.82) is 0 Å². The van der Waals surface area contributed by atoms with Crippen LogP contribution in [0.25, 0.3) is 11.6 Å². The number of likely N-dealkylation sites (tertiary alicyclic amines) is 1. The first-order valence-electron chi connectivity index (χ1n) is 15.5. The van der Waals surface area contributed by atoms with E-state index in [1.165, 1.54) is 4.90 Å². The first kappa shape index (κ1) is 31.1. The lowest BCUT2D eigenvalue weighted by Crippen LogP contribution is -2.42. The van der Waals surface area contributed by atoms with Crippen molar-refractivity contribution in [2.24, 2.45) is 17.8 Å². The van der Waals surface area contributed by atoms with E-state index >= 15 is 0 Å². The summed E-state index contributed by atoms with van der Waals surface area (Å²) in [5.74, 6) is -1.90. The number of ether oxygens (including phenoxy) is 1. The minimum Gasteiger partial charge on any atom is -0.507 e. The van der Waals surface area contributed by atoms with E-state index in [4.69, 9.17) is 4.74 Å². The number of methoxy groups -OCH3 is 1. The van der Waals surface area contributed by atoms with Crippen LogP contribution in [0.15, 0.2) is 47.7 Å². The van der Waals surface area contributed by atoms with Crippen LogP contribution < -0.4 is 0 Å². The number of aryl methyl sites for hydroxylation is 2. The van der Waals surface area contributed by atoms with Gasteiger partial charge in [-0.1, -0.05) is 25.3 Å². The van der Waals surface area contributed by atoms with Gasteiger partial charge >= 0.3 is 0 Å². The Kier molecular flexibility index (Phi) is 9.79. The fourth-order valence-corrected chi connectivity index (χ4v) is 7.54. The molecule has 2 aromatic rings. The normalized spacial score (nSPS) is 24.1. The zero-order chi connectivity index (χ0) is 30.7. The molecule has 8 nitrogen and oxygen atoms in total. The summed E-state index contributed by atoms with van der Waals surface area (Å²) in [4.78, 5) is 33.5. The Morgan fingerprint density at radius 3 is 2.47 bits per heavy atom. The van der Waals surface area contributed by atoms with Gasteiger partial charge in [-0.05, 0) is 110 Å². The molecule has 0 radical (unpaired) electrons. The fourth-order valence-electron chi connectivity index (χ4n) is 7.54. The number of hydrogen-bond acceptors (Lipinski definition) is 7. The van der Waals surface area contributed by atoms with Gasteiger partial charge in [0.05, 0.1) is 36.8 Å². The topological polar surface area (TPSA) is 120 Å². The molecule has 1 saturated carbocycles. The minimum atomic E-state index is -0.940. The van der Waals surface area contributed by atoms with Crippen LogP contribution in [0.2, 0.25) is 0 Å². The molecule has 3 N–H and O–H groups in total. The van der Waals surface area contributed by atoms with E-state index in [9.17, 15) is 24.9 Å². The molecule has 3 aliphatic rings. The summed E-state index contributed by atoms with van der Waals surface area (Å²) >= 11 is 0. The van der Waals surface area contributed by atoms with Crippen molar-refractivity contribution in [2.75, 3.05) is 20.3 Å². The average Bonchev–Trinajstić information content (AvgIpc) is 3.26. The molecule has 2 aliphatic carbocycles. The highest BCUT2D eigenvalue weighted by Gasteiger charge is 2.56. The van der Waals surface area contributed by atoms with E-state index in [2.05, 4.69) is 4.98 Å². The predicted octanol–water partition coefficient (Wildman–Crippen LogP) is 4.97.